The van der Waals surface area contributed by atoms with E-state index in [0.717, 1.165) is 12.0 Å². The van der Waals surface area contributed by atoms with Crippen molar-refractivity contribution in [3.8, 4) is 0 Å². The smallest absolute Gasteiger partial charge is 0.0525 e. The van der Waals surface area contributed by atoms with E-state index in [4.69, 9.17) is 5.73 Å². The van der Waals surface area contributed by atoms with Crippen LogP contribution >= 0.6 is 0 Å². The third kappa shape index (κ3) is 2.29. The maximum absolute atomic E-state index is 9.31. The molecule has 0 aromatic heterocycles. The summed E-state index contributed by atoms with van der Waals surface area (Å²) in [4.78, 5) is 0. The van der Waals surface area contributed by atoms with E-state index < -0.39 is 0 Å². The van der Waals surface area contributed by atoms with Gasteiger partial charge in [-0.05, 0) is 18.5 Å². The monoisotopic (exact) mass is 179 g/mol. The molecule has 2 heteroatoms. The lowest BCUT2D eigenvalue weighted by Crippen LogP contribution is -2.29. The van der Waals surface area contributed by atoms with Crippen LogP contribution in [-0.4, -0.2) is 18.3 Å². The van der Waals surface area contributed by atoms with Gasteiger partial charge in [-0.1, -0.05) is 37.3 Å². The quantitative estimate of drug-likeness (QED) is 0.731. The van der Waals surface area contributed by atoms with Gasteiger partial charge in [0.25, 0.3) is 0 Å². The highest BCUT2D eigenvalue weighted by molar-refractivity contribution is 5.24. The van der Waals surface area contributed by atoms with E-state index in [2.05, 4.69) is 0 Å². The van der Waals surface area contributed by atoms with Crippen LogP contribution in [0.3, 0.4) is 0 Å². The van der Waals surface area contributed by atoms with Gasteiger partial charge >= 0.3 is 0 Å². The normalized spacial score (nSPS) is 15.3. The standard InChI is InChI=1S/C11H17NO/c1-11(9-13,7-8-12)10-5-3-2-4-6-10/h2-6,13H,7-9,12H2,1H3. The van der Waals surface area contributed by atoms with E-state index in [1.54, 1.807) is 0 Å². The summed E-state index contributed by atoms with van der Waals surface area (Å²) >= 11 is 0. The van der Waals surface area contributed by atoms with Gasteiger partial charge in [0.15, 0.2) is 0 Å². The third-order valence-electron chi connectivity index (χ3n) is 2.52. The summed E-state index contributed by atoms with van der Waals surface area (Å²) in [6, 6.07) is 10.0. The molecule has 0 aliphatic heterocycles. The highest BCUT2D eigenvalue weighted by Crippen LogP contribution is 2.25. The summed E-state index contributed by atoms with van der Waals surface area (Å²) in [5.74, 6) is 0. The van der Waals surface area contributed by atoms with Crippen LogP contribution in [-0.2, 0) is 5.41 Å². The summed E-state index contributed by atoms with van der Waals surface area (Å²) < 4.78 is 0. The minimum atomic E-state index is -0.185. The Morgan fingerprint density at radius 3 is 2.38 bits per heavy atom. The van der Waals surface area contributed by atoms with Crippen LogP contribution < -0.4 is 5.73 Å². The van der Waals surface area contributed by atoms with E-state index in [0.29, 0.717) is 6.54 Å². The molecule has 0 amide bonds. The Balaban J connectivity index is 2.89. The molecule has 0 radical (unpaired) electrons. The van der Waals surface area contributed by atoms with Crippen molar-refractivity contribution in [2.45, 2.75) is 18.8 Å². The summed E-state index contributed by atoms with van der Waals surface area (Å²) in [5.41, 5.74) is 6.49. The summed E-state index contributed by atoms with van der Waals surface area (Å²) in [5, 5.41) is 9.31. The van der Waals surface area contributed by atoms with Gasteiger partial charge < -0.3 is 10.8 Å². The molecule has 1 unspecified atom stereocenters. The average Bonchev–Trinajstić information content (AvgIpc) is 2.19. The van der Waals surface area contributed by atoms with E-state index in [-0.39, 0.29) is 12.0 Å². The highest BCUT2D eigenvalue weighted by atomic mass is 16.3. The molecule has 13 heavy (non-hydrogen) atoms. The van der Waals surface area contributed by atoms with Gasteiger partial charge in [0.05, 0.1) is 6.61 Å². The Morgan fingerprint density at radius 2 is 1.92 bits per heavy atom. The molecule has 0 saturated heterocycles. The van der Waals surface area contributed by atoms with E-state index in [1.807, 2.05) is 37.3 Å². The van der Waals surface area contributed by atoms with Crippen LogP contribution in [0.2, 0.25) is 0 Å². The predicted octanol–water partition coefficient (Wildman–Crippen LogP) is 1.29. The van der Waals surface area contributed by atoms with Crippen LogP contribution in [0.1, 0.15) is 18.9 Å². The molecule has 3 N–H and O–H groups in total. The first kappa shape index (κ1) is 10.2. The van der Waals surface area contributed by atoms with Gasteiger partial charge in [0.1, 0.15) is 0 Å². The Morgan fingerprint density at radius 1 is 1.31 bits per heavy atom. The number of aliphatic hydroxyl groups excluding tert-OH is 1. The molecule has 1 aromatic rings. The predicted molar refractivity (Wildman–Crippen MR) is 54.6 cm³/mol. The van der Waals surface area contributed by atoms with Gasteiger partial charge in [-0.3, -0.25) is 0 Å². The van der Waals surface area contributed by atoms with Crippen LogP contribution in [0.15, 0.2) is 30.3 Å². The van der Waals surface area contributed by atoms with Crippen molar-refractivity contribution in [2.75, 3.05) is 13.2 Å². The molecule has 1 rings (SSSR count). The summed E-state index contributed by atoms with van der Waals surface area (Å²) in [7, 11) is 0. The van der Waals surface area contributed by atoms with Crippen molar-refractivity contribution in [3.05, 3.63) is 35.9 Å². The fourth-order valence-electron chi connectivity index (χ4n) is 1.47. The molecular formula is C11H17NO. The van der Waals surface area contributed by atoms with Crippen molar-refractivity contribution >= 4 is 0 Å². The van der Waals surface area contributed by atoms with Crippen LogP contribution in [0.25, 0.3) is 0 Å². The summed E-state index contributed by atoms with van der Waals surface area (Å²) in [6.07, 6.45) is 0.813. The second-order valence-electron chi connectivity index (χ2n) is 3.62. The molecule has 0 bridgehead atoms. The minimum Gasteiger partial charge on any atom is -0.395 e. The molecule has 2 nitrogen and oxygen atoms in total. The molecule has 0 spiro atoms. The van der Waals surface area contributed by atoms with Gasteiger partial charge in [-0.15, -0.1) is 0 Å². The topological polar surface area (TPSA) is 46.2 Å². The molecule has 0 saturated carbocycles. The molecule has 72 valence electrons. The molecule has 0 fully saturated rings. The van der Waals surface area contributed by atoms with E-state index in [9.17, 15) is 5.11 Å². The largest absolute Gasteiger partial charge is 0.395 e. The van der Waals surface area contributed by atoms with Crippen molar-refractivity contribution < 1.29 is 5.11 Å². The lowest BCUT2D eigenvalue weighted by atomic mass is 9.80. The van der Waals surface area contributed by atoms with Crippen LogP contribution in [0.5, 0.6) is 0 Å². The molecule has 0 aliphatic rings. The van der Waals surface area contributed by atoms with E-state index in [1.165, 1.54) is 0 Å². The number of rotatable bonds is 4. The zero-order chi connectivity index (χ0) is 9.73. The zero-order valence-corrected chi connectivity index (χ0v) is 8.03. The first-order valence-corrected chi connectivity index (χ1v) is 4.59. The number of benzene rings is 1. The molecule has 1 aromatic carbocycles. The first-order chi connectivity index (χ1) is 6.23. The lowest BCUT2D eigenvalue weighted by Gasteiger charge is -2.27. The van der Waals surface area contributed by atoms with Gasteiger partial charge in [0.2, 0.25) is 0 Å². The maximum atomic E-state index is 9.31. The maximum Gasteiger partial charge on any atom is 0.0525 e. The van der Waals surface area contributed by atoms with Crippen molar-refractivity contribution in [1.29, 1.82) is 0 Å². The SMILES string of the molecule is CC(CO)(CCN)c1ccccc1. The van der Waals surface area contributed by atoms with Gasteiger partial charge in [-0.25, -0.2) is 0 Å². The molecular weight excluding hydrogens is 162 g/mol. The zero-order valence-electron chi connectivity index (χ0n) is 8.03. The van der Waals surface area contributed by atoms with Gasteiger partial charge in [0, 0.05) is 5.41 Å². The molecule has 1 atom stereocenters. The highest BCUT2D eigenvalue weighted by Gasteiger charge is 2.24. The Labute approximate surface area is 79.4 Å². The fraction of sp³-hybridized carbons (Fsp3) is 0.455. The lowest BCUT2D eigenvalue weighted by molar-refractivity contribution is 0.199. The fourth-order valence-corrected chi connectivity index (χ4v) is 1.47. The number of aliphatic hydroxyl groups is 1. The van der Waals surface area contributed by atoms with Gasteiger partial charge in [-0.2, -0.15) is 0 Å². The summed E-state index contributed by atoms with van der Waals surface area (Å²) in [6.45, 7) is 2.79. The average molecular weight is 179 g/mol. The Bertz CT molecular complexity index is 248. The minimum absolute atomic E-state index is 0.147. The second kappa shape index (κ2) is 4.40. The molecule has 0 heterocycles. The Kier molecular flexibility index (Phi) is 3.46. The second-order valence-corrected chi connectivity index (χ2v) is 3.62. The number of hydrogen-bond donors (Lipinski definition) is 2. The van der Waals surface area contributed by atoms with Crippen LogP contribution in [0.4, 0.5) is 0 Å². The number of nitrogens with two attached hydrogens (primary N) is 1. The van der Waals surface area contributed by atoms with Crippen molar-refractivity contribution in [3.63, 3.8) is 0 Å². The van der Waals surface area contributed by atoms with E-state index >= 15 is 0 Å². The van der Waals surface area contributed by atoms with Crippen LogP contribution in [0, 0.1) is 0 Å². The third-order valence-corrected chi connectivity index (χ3v) is 2.52. The van der Waals surface area contributed by atoms with Crippen molar-refractivity contribution in [2.24, 2.45) is 5.73 Å². The molecule has 0 aliphatic carbocycles. The Hall–Kier alpha value is -0.860. The number of hydrogen-bond acceptors (Lipinski definition) is 2. The first-order valence-electron chi connectivity index (χ1n) is 4.59. The van der Waals surface area contributed by atoms with Crippen molar-refractivity contribution in [1.82, 2.24) is 0 Å².